The quantitative estimate of drug-likeness (QED) is 0.717. The molecule has 3 N–H and O–H groups in total. The highest BCUT2D eigenvalue weighted by Gasteiger charge is 2.35. The standard InChI is InChI=1S/C15H17ClN4O.CH2O2/c16-10-1-2-12-11(7-10)14(19-18-12)15(21)17-13-8-20-5-3-9(13)4-6-20;2-1-3/h1-2,7,9,13H,3-6,8H2,(H,17,21)(H,18,19);1H,(H,2,3)/t13-;/m1./s1. The van der Waals surface area contributed by atoms with Crippen molar-refractivity contribution in [2.75, 3.05) is 19.6 Å². The van der Waals surface area contributed by atoms with Crippen molar-refractivity contribution in [1.82, 2.24) is 20.4 Å². The summed E-state index contributed by atoms with van der Waals surface area (Å²) in [6, 6.07) is 5.66. The fraction of sp³-hybridized carbons (Fsp3) is 0.438. The van der Waals surface area contributed by atoms with Crippen molar-refractivity contribution in [1.29, 1.82) is 0 Å². The van der Waals surface area contributed by atoms with Gasteiger partial charge in [-0.1, -0.05) is 11.6 Å². The number of hydrogen-bond donors (Lipinski definition) is 3. The second kappa shape index (κ2) is 7.19. The lowest BCUT2D eigenvalue weighted by atomic mass is 9.84. The van der Waals surface area contributed by atoms with E-state index < -0.39 is 0 Å². The summed E-state index contributed by atoms with van der Waals surface area (Å²) in [4.78, 5) is 23.3. The molecule has 1 atom stereocenters. The van der Waals surface area contributed by atoms with Gasteiger partial charge in [0.2, 0.25) is 0 Å². The molecule has 3 saturated heterocycles. The Morgan fingerprint density at radius 1 is 1.42 bits per heavy atom. The summed E-state index contributed by atoms with van der Waals surface area (Å²) in [5.74, 6) is 0.495. The smallest absolute Gasteiger partial charge is 0.290 e. The molecule has 3 fully saturated rings. The predicted octanol–water partition coefficient (Wildman–Crippen LogP) is 1.74. The number of rotatable bonds is 2. The highest BCUT2D eigenvalue weighted by molar-refractivity contribution is 6.31. The molecule has 7 nitrogen and oxygen atoms in total. The van der Waals surface area contributed by atoms with Crippen LogP contribution in [-0.4, -0.2) is 58.3 Å². The van der Waals surface area contributed by atoms with E-state index >= 15 is 0 Å². The second-order valence-corrected chi connectivity index (χ2v) is 6.52. The molecule has 3 aliphatic heterocycles. The Balaban J connectivity index is 0.000000526. The van der Waals surface area contributed by atoms with Crippen LogP contribution in [0.3, 0.4) is 0 Å². The molecule has 0 unspecified atom stereocenters. The monoisotopic (exact) mass is 350 g/mol. The highest BCUT2D eigenvalue weighted by atomic mass is 35.5. The maximum absolute atomic E-state index is 12.5. The lowest BCUT2D eigenvalue weighted by Gasteiger charge is -2.44. The largest absolute Gasteiger partial charge is 0.483 e. The number of fused-ring (bicyclic) bond motifs is 4. The number of halogens is 1. The van der Waals surface area contributed by atoms with Gasteiger partial charge < -0.3 is 15.3 Å². The predicted molar refractivity (Wildman–Crippen MR) is 90.2 cm³/mol. The molecule has 0 saturated carbocycles. The second-order valence-electron chi connectivity index (χ2n) is 6.09. The minimum Gasteiger partial charge on any atom is -0.483 e. The molecule has 1 aromatic heterocycles. The lowest BCUT2D eigenvalue weighted by Crippen LogP contribution is -2.57. The molecular weight excluding hydrogens is 332 g/mol. The zero-order valence-corrected chi connectivity index (χ0v) is 13.8. The maximum atomic E-state index is 12.5. The van der Waals surface area contributed by atoms with Crippen molar-refractivity contribution >= 4 is 34.9 Å². The molecule has 2 bridgehead atoms. The number of piperidine rings is 3. The van der Waals surface area contributed by atoms with E-state index in [2.05, 4.69) is 20.4 Å². The molecule has 0 spiro atoms. The van der Waals surface area contributed by atoms with Crippen LogP contribution in [0.4, 0.5) is 0 Å². The van der Waals surface area contributed by atoms with Crippen LogP contribution in [-0.2, 0) is 4.79 Å². The average molecular weight is 351 g/mol. The number of carbonyl (C=O) groups is 2. The molecular formula is C16H19ClN4O3. The number of hydrogen-bond acceptors (Lipinski definition) is 4. The van der Waals surface area contributed by atoms with Gasteiger partial charge in [0.15, 0.2) is 5.69 Å². The first-order chi connectivity index (χ1) is 11.6. The van der Waals surface area contributed by atoms with Gasteiger partial charge in [0.25, 0.3) is 12.4 Å². The summed E-state index contributed by atoms with van der Waals surface area (Å²) in [6.07, 6.45) is 2.36. The van der Waals surface area contributed by atoms with Crippen molar-refractivity contribution in [2.45, 2.75) is 18.9 Å². The lowest BCUT2D eigenvalue weighted by molar-refractivity contribution is -0.122. The molecule has 3 aliphatic rings. The summed E-state index contributed by atoms with van der Waals surface area (Å²) < 4.78 is 0. The molecule has 4 heterocycles. The first-order valence-electron chi connectivity index (χ1n) is 7.87. The fourth-order valence-electron chi connectivity index (χ4n) is 3.52. The Morgan fingerprint density at radius 2 is 2.12 bits per heavy atom. The van der Waals surface area contributed by atoms with E-state index in [1.54, 1.807) is 12.1 Å². The Kier molecular flexibility index (Phi) is 5.01. The van der Waals surface area contributed by atoms with E-state index in [1.165, 1.54) is 12.8 Å². The third-order valence-corrected chi connectivity index (χ3v) is 4.95. The van der Waals surface area contributed by atoms with E-state index in [1.807, 2.05) is 6.07 Å². The number of aromatic nitrogens is 2. The molecule has 1 aromatic carbocycles. The topological polar surface area (TPSA) is 98.3 Å². The van der Waals surface area contributed by atoms with E-state index in [4.69, 9.17) is 21.5 Å². The minimum absolute atomic E-state index is 0.109. The molecule has 24 heavy (non-hydrogen) atoms. The van der Waals surface area contributed by atoms with Crippen LogP contribution in [0.25, 0.3) is 10.9 Å². The SMILES string of the molecule is O=C(N[C@@H]1CN2CCC1CC2)c1n[nH]c2ccc(Cl)cc12.O=CO. The van der Waals surface area contributed by atoms with Crippen LogP contribution in [0, 0.1) is 5.92 Å². The number of carbonyl (C=O) groups excluding carboxylic acids is 1. The number of benzene rings is 1. The van der Waals surface area contributed by atoms with Gasteiger partial charge in [-0.3, -0.25) is 14.7 Å². The van der Waals surface area contributed by atoms with Crippen molar-refractivity contribution in [3.63, 3.8) is 0 Å². The molecule has 0 aliphatic carbocycles. The van der Waals surface area contributed by atoms with Gasteiger partial charge in [-0.15, -0.1) is 0 Å². The van der Waals surface area contributed by atoms with Gasteiger partial charge in [-0.2, -0.15) is 5.10 Å². The van der Waals surface area contributed by atoms with Crippen LogP contribution in [0.15, 0.2) is 18.2 Å². The molecule has 5 rings (SSSR count). The summed E-state index contributed by atoms with van der Waals surface area (Å²) >= 11 is 6.02. The van der Waals surface area contributed by atoms with E-state index in [0.29, 0.717) is 16.6 Å². The number of amides is 1. The van der Waals surface area contributed by atoms with Crippen LogP contribution in [0.5, 0.6) is 0 Å². The van der Waals surface area contributed by atoms with Crippen molar-refractivity contribution in [3.8, 4) is 0 Å². The van der Waals surface area contributed by atoms with Gasteiger partial charge in [-0.05, 0) is 50.0 Å². The highest BCUT2D eigenvalue weighted by Crippen LogP contribution is 2.28. The number of carboxylic acid groups (broad SMARTS) is 1. The first-order valence-corrected chi connectivity index (χ1v) is 8.25. The zero-order chi connectivity index (χ0) is 17.1. The van der Waals surface area contributed by atoms with Crippen molar-refractivity contribution < 1.29 is 14.7 Å². The minimum atomic E-state index is -0.250. The summed E-state index contributed by atoms with van der Waals surface area (Å²) in [6.45, 7) is 3.04. The zero-order valence-electron chi connectivity index (χ0n) is 13.0. The van der Waals surface area contributed by atoms with Gasteiger partial charge in [0, 0.05) is 23.0 Å². The Morgan fingerprint density at radius 3 is 2.75 bits per heavy atom. The molecule has 0 radical (unpaired) electrons. The van der Waals surface area contributed by atoms with Gasteiger partial charge >= 0.3 is 0 Å². The van der Waals surface area contributed by atoms with Crippen LogP contribution >= 0.6 is 11.6 Å². The molecule has 2 aromatic rings. The summed E-state index contributed by atoms with van der Waals surface area (Å²) in [5.41, 5.74) is 1.27. The van der Waals surface area contributed by atoms with Gasteiger partial charge in [0.1, 0.15) is 0 Å². The van der Waals surface area contributed by atoms with Crippen molar-refractivity contribution in [2.24, 2.45) is 5.92 Å². The van der Waals surface area contributed by atoms with Gasteiger partial charge in [0.05, 0.1) is 5.52 Å². The van der Waals surface area contributed by atoms with E-state index in [9.17, 15) is 4.79 Å². The van der Waals surface area contributed by atoms with Crippen LogP contribution < -0.4 is 5.32 Å². The summed E-state index contributed by atoms with van der Waals surface area (Å²) in [5, 5.41) is 18.5. The Bertz CT molecular complexity index is 740. The number of nitrogens with one attached hydrogen (secondary N) is 2. The fourth-order valence-corrected chi connectivity index (χ4v) is 3.70. The Hall–Kier alpha value is -2.12. The van der Waals surface area contributed by atoms with Crippen LogP contribution in [0.2, 0.25) is 5.02 Å². The van der Waals surface area contributed by atoms with Crippen molar-refractivity contribution in [3.05, 3.63) is 28.9 Å². The van der Waals surface area contributed by atoms with E-state index in [0.717, 1.165) is 30.5 Å². The Labute approximate surface area is 144 Å². The number of nitrogens with zero attached hydrogens (tertiary/aromatic N) is 2. The number of H-pyrrole nitrogens is 1. The molecule has 8 heteroatoms. The summed E-state index contributed by atoms with van der Waals surface area (Å²) in [7, 11) is 0. The molecule has 128 valence electrons. The average Bonchev–Trinajstić information content (AvgIpc) is 3.00. The van der Waals surface area contributed by atoms with Gasteiger partial charge in [-0.25, -0.2) is 0 Å². The third-order valence-electron chi connectivity index (χ3n) is 4.71. The first kappa shape index (κ1) is 16.7. The normalized spacial score (nSPS) is 25.0. The maximum Gasteiger partial charge on any atom is 0.290 e. The number of aromatic amines is 1. The third kappa shape index (κ3) is 3.37. The van der Waals surface area contributed by atoms with E-state index in [-0.39, 0.29) is 18.4 Å². The molecule has 1 amide bonds. The van der Waals surface area contributed by atoms with Crippen LogP contribution in [0.1, 0.15) is 23.3 Å².